The minimum Gasteiger partial charge on any atom is -0.378 e. The first kappa shape index (κ1) is 20.2. The summed E-state index contributed by atoms with van der Waals surface area (Å²) in [4.78, 5) is 27.9. The number of nitrogens with zero attached hydrogens (tertiary/aromatic N) is 3. The molecule has 1 aromatic carbocycles. The molecule has 2 fully saturated rings. The lowest BCUT2D eigenvalue weighted by Crippen LogP contribution is -2.40. The minimum atomic E-state index is -0.173. The molecular formula is C22H26N6O2S. The monoisotopic (exact) mass is 438 g/mol. The Morgan fingerprint density at radius 2 is 2.00 bits per heavy atom. The Labute approximate surface area is 184 Å². The van der Waals surface area contributed by atoms with Crippen LogP contribution < -0.4 is 21.1 Å². The van der Waals surface area contributed by atoms with Gasteiger partial charge in [0, 0.05) is 36.6 Å². The Balaban J connectivity index is 1.53. The summed E-state index contributed by atoms with van der Waals surface area (Å²) in [5, 5.41) is 9.77. The Morgan fingerprint density at radius 3 is 2.77 bits per heavy atom. The number of hydrogen-bond donors (Lipinski definition) is 3. The van der Waals surface area contributed by atoms with Crippen molar-refractivity contribution in [1.29, 1.82) is 0 Å². The molecule has 3 N–H and O–H groups in total. The van der Waals surface area contributed by atoms with Crippen molar-refractivity contribution in [3.63, 3.8) is 0 Å². The van der Waals surface area contributed by atoms with Crippen LogP contribution in [0.4, 0.5) is 11.8 Å². The number of morpholine rings is 1. The number of hydrogen-bond acceptors (Lipinski definition) is 8. The zero-order valence-corrected chi connectivity index (χ0v) is 18.1. The van der Waals surface area contributed by atoms with E-state index in [-0.39, 0.29) is 11.6 Å². The molecule has 0 amide bonds. The predicted molar refractivity (Wildman–Crippen MR) is 124 cm³/mol. The van der Waals surface area contributed by atoms with E-state index >= 15 is 0 Å². The first-order valence-corrected chi connectivity index (χ1v) is 11.6. The molecule has 3 aromatic rings. The van der Waals surface area contributed by atoms with E-state index in [1.54, 1.807) is 0 Å². The second kappa shape index (κ2) is 9.17. The van der Waals surface area contributed by atoms with Gasteiger partial charge in [0.15, 0.2) is 0 Å². The number of nitrogens with one attached hydrogen (secondary N) is 3. The number of aromatic nitrogens is 3. The highest BCUT2D eigenvalue weighted by Gasteiger charge is 2.23. The number of H-pyrrole nitrogens is 1. The van der Waals surface area contributed by atoms with Crippen molar-refractivity contribution in [3.8, 4) is 21.8 Å². The van der Waals surface area contributed by atoms with Gasteiger partial charge in [-0.1, -0.05) is 30.3 Å². The van der Waals surface area contributed by atoms with Gasteiger partial charge in [-0.2, -0.15) is 4.98 Å². The van der Waals surface area contributed by atoms with E-state index in [1.165, 1.54) is 11.3 Å². The molecule has 0 spiro atoms. The summed E-state index contributed by atoms with van der Waals surface area (Å²) in [6, 6.07) is 10.2. The Kier molecular flexibility index (Phi) is 5.97. The average Bonchev–Trinajstić information content (AvgIpc) is 3.30. The molecule has 1 atom stereocenters. The molecule has 2 aliphatic rings. The largest absolute Gasteiger partial charge is 0.378 e. The summed E-state index contributed by atoms with van der Waals surface area (Å²) in [7, 11) is 0. The number of piperidine rings is 1. The maximum absolute atomic E-state index is 13.2. The molecule has 9 heteroatoms. The number of ether oxygens (including phenoxy) is 1. The van der Waals surface area contributed by atoms with E-state index in [0.29, 0.717) is 49.3 Å². The van der Waals surface area contributed by atoms with Crippen LogP contribution >= 0.6 is 11.3 Å². The maximum Gasteiger partial charge on any atom is 0.263 e. The summed E-state index contributed by atoms with van der Waals surface area (Å²) >= 11 is 1.53. The molecule has 0 bridgehead atoms. The zero-order valence-electron chi connectivity index (χ0n) is 17.3. The fraction of sp³-hybridized carbons (Fsp3) is 0.409. The molecule has 31 heavy (non-hydrogen) atoms. The fourth-order valence-electron chi connectivity index (χ4n) is 4.00. The molecular weight excluding hydrogens is 412 g/mol. The van der Waals surface area contributed by atoms with Crippen LogP contribution in [0.25, 0.3) is 21.8 Å². The number of rotatable bonds is 5. The van der Waals surface area contributed by atoms with Gasteiger partial charge >= 0.3 is 0 Å². The van der Waals surface area contributed by atoms with Gasteiger partial charge in [0.05, 0.1) is 18.9 Å². The Bertz CT molecular complexity index is 1070. The summed E-state index contributed by atoms with van der Waals surface area (Å²) in [5.74, 6) is 1.19. The molecule has 0 radical (unpaired) electrons. The minimum absolute atomic E-state index is 0.173. The van der Waals surface area contributed by atoms with Crippen molar-refractivity contribution < 1.29 is 4.74 Å². The van der Waals surface area contributed by atoms with Crippen molar-refractivity contribution in [2.45, 2.75) is 18.9 Å². The van der Waals surface area contributed by atoms with Crippen LogP contribution in [0.2, 0.25) is 0 Å². The summed E-state index contributed by atoms with van der Waals surface area (Å²) in [6.07, 6.45) is 2.14. The SMILES string of the molecule is O=c1[nH]c(N2CCOCC2)nc(NC2CCCNC2)c1-c1csc(-c2ccccc2)n1. The number of anilines is 2. The first-order valence-electron chi connectivity index (χ1n) is 10.7. The van der Waals surface area contributed by atoms with Gasteiger partial charge in [-0.05, 0) is 19.4 Å². The number of thiazole rings is 1. The first-order chi connectivity index (χ1) is 15.3. The lowest BCUT2D eigenvalue weighted by atomic mass is 10.1. The molecule has 0 aliphatic carbocycles. The van der Waals surface area contributed by atoms with E-state index in [2.05, 4.69) is 20.5 Å². The van der Waals surface area contributed by atoms with E-state index in [1.807, 2.05) is 35.7 Å². The smallest absolute Gasteiger partial charge is 0.263 e. The zero-order chi connectivity index (χ0) is 21.0. The van der Waals surface area contributed by atoms with Gasteiger partial charge < -0.3 is 20.3 Å². The van der Waals surface area contributed by atoms with Crippen LogP contribution in [0, 0.1) is 0 Å². The van der Waals surface area contributed by atoms with Crippen LogP contribution in [-0.4, -0.2) is 60.4 Å². The average molecular weight is 439 g/mol. The number of aromatic amines is 1. The summed E-state index contributed by atoms with van der Waals surface area (Å²) < 4.78 is 5.45. The topological polar surface area (TPSA) is 95.2 Å². The van der Waals surface area contributed by atoms with Crippen LogP contribution in [0.15, 0.2) is 40.5 Å². The van der Waals surface area contributed by atoms with E-state index in [4.69, 9.17) is 14.7 Å². The van der Waals surface area contributed by atoms with Crippen molar-refractivity contribution in [2.75, 3.05) is 49.6 Å². The second-order valence-electron chi connectivity index (χ2n) is 7.80. The highest BCUT2D eigenvalue weighted by molar-refractivity contribution is 7.13. The summed E-state index contributed by atoms with van der Waals surface area (Å²) in [5.41, 5.74) is 2.02. The van der Waals surface area contributed by atoms with E-state index < -0.39 is 0 Å². The van der Waals surface area contributed by atoms with Crippen molar-refractivity contribution in [1.82, 2.24) is 20.3 Å². The van der Waals surface area contributed by atoms with Gasteiger partial charge in [0.2, 0.25) is 5.95 Å². The molecule has 2 aromatic heterocycles. The second-order valence-corrected chi connectivity index (χ2v) is 8.66. The molecule has 2 saturated heterocycles. The predicted octanol–water partition coefficient (Wildman–Crippen LogP) is 2.56. The van der Waals surface area contributed by atoms with Gasteiger partial charge in [-0.3, -0.25) is 9.78 Å². The quantitative estimate of drug-likeness (QED) is 0.563. The molecule has 0 saturated carbocycles. The Hall–Kier alpha value is -2.75. The van der Waals surface area contributed by atoms with E-state index in [0.717, 1.165) is 36.5 Å². The normalized spacial score (nSPS) is 19.4. The maximum atomic E-state index is 13.2. The van der Waals surface area contributed by atoms with Gasteiger partial charge in [-0.15, -0.1) is 11.3 Å². The van der Waals surface area contributed by atoms with Gasteiger partial charge in [0.1, 0.15) is 16.4 Å². The molecule has 4 heterocycles. The van der Waals surface area contributed by atoms with Crippen molar-refractivity contribution in [3.05, 3.63) is 46.1 Å². The Morgan fingerprint density at radius 1 is 1.16 bits per heavy atom. The standard InChI is InChI=1S/C22H26N6O2S/c29-20-18(17-14-31-21(25-17)15-5-2-1-3-6-15)19(24-16-7-4-8-23-13-16)26-22(27-20)28-9-11-30-12-10-28/h1-3,5-6,14,16,23H,4,7-13H2,(H2,24,26,27,29). The van der Waals surface area contributed by atoms with Crippen LogP contribution in [0.5, 0.6) is 0 Å². The molecule has 8 nitrogen and oxygen atoms in total. The number of benzene rings is 1. The van der Waals surface area contributed by atoms with Crippen molar-refractivity contribution in [2.24, 2.45) is 0 Å². The molecule has 2 aliphatic heterocycles. The molecule has 5 rings (SSSR count). The van der Waals surface area contributed by atoms with Crippen LogP contribution in [-0.2, 0) is 4.74 Å². The lowest BCUT2D eigenvalue weighted by Gasteiger charge is -2.29. The molecule has 162 valence electrons. The van der Waals surface area contributed by atoms with Gasteiger partial charge in [-0.25, -0.2) is 4.98 Å². The van der Waals surface area contributed by atoms with Crippen molar-refractivity contribution >= 4 is 23.1 Å². The van der Waals surface area contributed by atoms with Crippen LogP contribution in [0.1, 0.15) is 12.8 Å². The molecule has 1 unspecified atom stereocenters. The highest BCUT2D eigenvalue weighted by Crippen LogP contribution is 2.31. The fourth-order valence-corrected chi connectivity index (χ4v) is 4.82. The van der Waals surface area contributed by atoms with E-state index in [9.17, 15) is 4.79 Å². The van der Waals surface area contributed by atoms with Gasteiger partial charge in [0.25, 0.3) is 5.56 Å². The third kappa shape index (κ3) is 4.48. The van der Waals surface area contributed by atoms with Crippen LogP contribution in [0.3, 0.4) is 0 Å². The lowest BCUT2D eigenvalue weighted by molar-refractivity contribution is 0.122. The highest BCUT2D eigenvalue weighted by atomic mass is 32.1. The third-order valence-electron chi connectivity index (χ3n) is 5.64. The summed E-state index contributed by atoms with van der Waals surface area (Å²) in [6.45, 7) is 4.57. The third-order valence-corrected chi connectivity index (χ3v) is 6.53.